The fourth-order valence-electron chi connectivity index (χ4n) is 3.59. The number of carbonyl (C=O) groups excluding carboxylic acids is 1. The minimum absolute atomic E-state index is 0.0198. The molecule has 0 atom stereocenters. The third-order valence-corrected chi connectivity index (χ3v) is 6.14. The molecule has 5 heteroatoms. The molecule has 26 heavy (non-hydrogen) atoms. The second kappa shape index (κ2) is 9.08. The van der Waals surface area contributed by atoms with Gasteiger partial charge in [-0.3, -0.25) is 9.59 Å². The second-order valence-corrected chi connectivity index (χ2v) is 7.97. The van der Waals surface area contributed by atoms with Crippen LogP contribution in [0.4, 0.5) is 0 Å². The number of rotatable bonds is 7. The van der Waals surface area contributed by atoms with Gasteiger partial charge in [0.2, 0.25) is 5.91 Å². The van der Waals surface area contributed by atoms with Crippen LogP contribution in [0.3, 0.4) is 0 Å². The van der Waals surface area contributed by atoms with Crippen molar-refractivity contribution in [3.05, 3.63) is 48.0 Å². The summed E-state index contributed by atoms with van der Waals surface area (Å²) in [5.41, 5.74) is 1.33. The summed E-state index contributed by atoms with van der Waals surface area (Å²) in [5.74, 6) is 0.873. The lowest BCUT2D eigenvalue weighted by Gasteiger charge is -2.25. The highest BCUT2D eigenvalue weighted by Gasteiger charge is 2.29. The van der Waals surface area contributed by atoms with Crippen molar-refractivity contribution in [2.45, 2.75) is 31.4 Å². The first-order valence-electron chi connectivity index (χ1n) is 9.20. The number of carboxylic acids is 1. The maximum absolute atomic E-state index is 12.2. The van der Waals surface area contributed by atoms with E-state index < -0.39 is 5.97 Å². The fraction of sp³-hybridized carbons (Fsp3) is 0.429. The molecule has 4 nitrogen and oxygen atoms in total. The van der Waals surface area contributed by atoms with E-state index in [1.165, 1.54) is 16.3 Å². The van der Waals surface area contributed by atoms with Crippen molar-refractivity contribution in [1.29, 1.82) is 0 Å². The van der Waals surface area contributed by atoms with E-state index in [9.17, 15) is 9.59 Å². The first kappa shape index (κ1) is 18.8. The molecule has 0 spiro atoms. The van der Waals surface area contributed by atoms with Gasteiger partial charge in [-0.05, 0) is 42.0 Å². The van der Waals surface area contributed by atoms with Crippen LogP contribution in [-0.2, 0) is 15.3 Å². The number of benzene rings is 2. The molecule has 0 aliphatic heterocycles. The summed E-state index contributed by atoms with van der Waals surface area (Å²) in [5, 5.41) is 14.6. The van der Waals surface area contributed by atoms with Gasteiger partial charge in [-0.25, -0.2) is 0 Å². The largest absolute Gasteiger partial charge is 0.481 e. The Morgan fingerprint density at radius 3 is 2.46 bits per heavy atom. The third-order valence-electron chi connectivity index (χ3n) is 5.13. The minimum atomic E-state index is -0.728. The molecule has 0 radical (unpaired) electrons. The molecular formula is C21H25NO3S. The summed E-state index contributed by atoms with van der Waals surface area (Å²) in [6, 6.07) is 14.8. The van der Waals surface area contributed by atoms with E-state index in [1.54, 1.807) is 0 Å². The Hall–Kier alpha value is -2.01. The summed E-state index contributed by atoms with van der Waals surface area (Å²) in [6.07, 6.45) is 2.60. The highest BCUT2D eigenvalue weighted by atomic mass is 32.2. The topological polar surface area (TPSA) is 66.4 Å². The molecule has 2 N–H and O–H groups in total. The molecule has 2 aromatic carbocycles. The van der Waals surface area contributed by atoms with Crippen molar-refractivity contribution in [3.8, 4) is 0 Å². The molecule has 0 aromatic heterocycles. The zero-order valence-electron chi connectivity index (χ0n) is 14.8. The zero-order chi connectivity index (χ0) is 18.4. The number of nitrogens with one attached hydrogen (secondary N) is 1. The summed E-state index contributed by atoms with van der Waals surface area (Å²) in [6.45, 7) is 0.660. The molecule has 1 amide bonds. The quantitative estimate of drug-likeness (QED) is 0.720. The van der Waals surface area contributed by atoms with Crippen LogP contribution in [0, 0.1) is 11.8 Å². The monoisotopic (exact) mass is 371 g/mol. The van der Waals surface area contributed by atoms with Crippen molar-refractivity contribution in [1.82, 2.24) is 5.32 Å². The smallest absolute Gasteiger partial charge is 0.306 e. The lowest BCUT2D eigenvalue weighted by atomic mass is 9.81. The first-order chi connectivity index (χ1) is 12.6. The van der Waals surface area contributed by atoms with Gasteiger partial charge in [0.05, 0.1) is 5.92 Å². The predicted molar refractivity (Wildman–Crippen MR) is 106 cm³/mol. The molecule has 0 saturated heterocycles. The molecule has 0 unspecified atom stereocenters. The Morgan fingerprint density at radius 1 is 1.00 bits per heavy atom. The van der Waals surface area contributed by atoms with Crippen LogP contribution < -0.4 is 5.32 Å². The number of carbonyl (C=O) groups is 2. The molecule has 1 fully saturated rings. The number of thioether (sulfide) groups is 1. The molecular weight excluding hydrogens is 346 g/mol. The van der Waals surface area contributed by atoms with E-state index in [2.05, 4.69) is 47.8 Å². The van der Waals surface area contributed by atoms with E-state index in [1.807, 2.05) is 11.8 Å². The average molecular weight is 372 g/mol. The molecule has 138 valence electrons. The molecule has 3 rings (SSSR count). The fourth-order valence-corrected chi connectivity index (χ4v) is 4.46. The van der Waals surface area contributed by atoms with E-state index in [0.717, 1.165) is 11.5 Å². The van der Waals surface area contributed by atoms with Crippen LogP contribution in [-0.4, -0.2) is 29.3 Å². The number of fused-ring (bicyclic) bond motifs is 1. The Kier molecular flexibility index (Phi) is 6.56. The van der Waals surface area contributed by atoms with E-state index in [4.69, 9.17) is 5.11 Å². The van der Waals surface area contributed by atoms with Gasteiger partial charge in [-0.15, -0.1) is 0 Å². The van der Waals surface area contributed by atoms with Crippen LogP contribution in [0.5, 0.6) is 0 Å². The van der Waals surface area contributed by atoms with Gasteiger partial charge in [0.15, 0.2) is 0 Å². The van der Waals surface area contributed by atoms with Crippen LogP contribution in [0.1, 0.15) is 31.2 Å². The van der Waals surface area contributed by atoms with Gasteiger partial charge >= 0.3 is 5.97 Å². The Morgan fingerprint density at radius 2 is 1.69 bits per heavy atom. The minimum Gasteiger partial charge on any atom is -0.481 e. The third kappa shape index (κ3) is 4.79. The number of hydrogen-bond donors (Lipinski definition) is 2. The van der Waals surface area contributed by atoms with Crippen LogP contribution in [0.2, 0.25) is 0 Å². The summed E-state index contributed by atoms with van der Waals surface area (Å²) in [4.78, 5) is 23.2. The number of carboxylic acid groups (broad SMARTS) is 1. The standard InChI is InChI=1S/C21H25NO3S/c23-20(16-8-10-17(11-9-16)21(24)25)22-12-13-26-14-18-6-3-5-15-4-1-2-7-19(15)18/h1-7,16-17H,8-14H2,(H,22,23)(H,24,25). The van der Waals surface area contributed by atoms with Crippen LogP contribution in [0.15, 0.2) is 42.5 Å². The van der Waals surface area contributed by atoms with Gasteiger partial charge in [-0.1, -0.05) is 42.5 Å². The normalized spacial score (nSPS) is 20.0. The molecule has 0 heterocycles. The molecule has 0 bridgehead atoms. The molecule has 2 aromatic rings. The van der Waals surface area contributed by atoms with Gasteiger partial charge < -0.3 is 10.4 Å². The summed E-state index contributed by atoms with van der Waals surface area (Å²) >= 11 is 1.82. The van der Waals surface area contributed by atoms with Crippen LogP contribution >= 0.6 is 11.8 Å². The summed E-state index contributed by atoms with van der Waals surface area (Å²) in [7, 11) is 0. The van der Waals surface area contributed by atoms with Crippen molar-refractivity contribution in [3.63, 3.8) is 0 Å². The van der Waals surface area contributed by atoms with Crippen molar-refractivity contribution >= 4 is 34.4 Å². The van der Waals surface area contributed by atoms with Crippen molar-refractivity contribution < 1.29 is 14.7 Å². The number of hydrogen-bond acceptors (Lipinski definition) is 3. The highest BCUT2D eigenvalue weighted by Crippen LogP contribution is 2.29. The SMILES string of the molecule is O=C(O)C1CCC(C(=O)NCCSCc2cccc3ccccc23)CC1. The van der Waals surface area contributed by atoms with Crippen LogP contribution in [0.25, 0.3) is 10.8 Å². The highest BCUT2D eigenvalue weighted by molar-refractivity contribution is 7.98. The van der Waals surface area contributed by atoms with Gasteiger partial charge in [0.25, 0.3) is 0 Å². The summed E-state index contributed by atoms with van der Waals surface area (Å²) < 4.78 is 0. The van der Waals surface area contributed by atoms with Gasteiger partial charge in [-0.2, -0.15) is 11.8 Å². The molecule has 1 aliphatic rings. The van der Waals surface area contributed by atoms with E-state index in [-0.39, 0.29) is 17.7 Å². The second-order valence-electron chi connectivity index (χ2n) is 6.87. The van der Waals surface area contributed by atoms with Crippen molar-refractivity contribution in [2.75, 3.05) is 12.3 Å². The Labute approximate surface area is 158 Å². The van der Waals surface area contributed by atoms with E-state index in [0.29, 0.717) is 32.2 Å². The first-order valence-corrected chi connectivity index (χ1v) is 10.4. The number of aliphatic carboxylic acids is 1. The average Bonchev–Trinajstić information content (AvgIpc) is 2.67. The van der Waals surface area contributed by atoms with Gasteiger partial charge in [0.1, 0.15) is 0 Å². The van der Waals surface area contributed by atoms with Gasteiger partial charge in [0, 0.05) is 24.0 Å². The Balaban J connectivity index is 1.38. The molecule has 1 aliphatic carbocycles. The number of amides is 1. The van der Waals surface area contributed by atoms with Crippen molar-refractivity contribution in [2.24, 2.45) is 11.8 Å². The molecule has 1 saturated carbocycles. The Bertz CT molecular complexity index is 763. The predicted octanol–water partition coefficient (Wildman–Crippen LogP) is 4.08. The van der Waals surface area contributed by atoms with E-state index >= 15 is 0 Å². The maximum atomic E-state index is 12.2. The lowest BCUT2D eigenvalue weighted by molar-refractivity contribution is -0.144. The lowest BCUT2D eigenvalue weighted by Crippen LogP contribution is -2.35. The zero-order valence-corrected chi connectivity index (χ0v) is 15.6. The maximum Gasteiger partial charge on any atom is 0.306 e.